The summed E-state index contributed by atoms with van der Waals surface area (Å²) in [7, 11) is 0. The Morgan fingerprint density at radius 2 is 1.94 bits per heavy atom. The second kappa shape index (κ2) is 4.39. The Kier molecular flexibility index (Phi) is 3.20. The average Bonchev–Trinajstić information content (AvgIpc) is 2.81. The van der Waals surface area contributed by atoms with Gasteiger partial charge in [-0.05, 0) is 29.0 Å². The van der Waals surface area contributed by atoms with E-state index >= 15 is 0 Å². The summed E-state index contributed by atoms with van der Waals surface area (Å²) in [5, 5.41) is 9.53. The molecular weight excluding hydrogens is 255 g/mol. The number of carbonyl (C=O) groups is 1. The lowest BCUT2D eigenvalue weighted by molar-refractivity contribution is -0.139. The Balaban J connectivity index is 2.20. The lowest BCUT2D eigenvalue weighted by atomic mass is 10.1. The minimum Gasteiger partial charge on any atom is -0.481 e. The molecule has 0 saturated heterocycles. The largest absolute Gasteiger partial charge is 0.481 e. The third kappa shape index (κ3) is 2.27. The Hall–Kier alpha value is -1.35. The minimum absolute atomic E-state index is 0.0763. The predicted molar refractivity (Wildman–Crippen MR) is 68.6 cm³/mol. The second-order valence-electron chi connectivity index (χ2n) is 5.18. The zero-order valence-electron chi connectivity index (χ0n) is 10.2. The molecule has 0 bridgehead atoms. The van der Waals surface area contributed by atoms with Crippen molar-refractivity contribution in [3.05, 3.63) is 41.7 Å². The van der Waals surface area contributed by atoms with E-state index in [2.05, 4.69) is 0 Å². The quantitative estimate of drug-likeness (QED) is 0.906. The first kappa shape index (κ1) is 13.1. The Bertz CT molecular complexity index is 505. The molecule has 0 spiro atoms. The van der Waals surface area contributed by atoms with Gasteiger partial charge in [0.25, 0.3) is 0 Å². The van der Waals surface area contributed by atoms with Crippen molar-refractivity contribution in [1.82, 2.24) is 0 Å². The van der Waals surface area contributed by atoms with Crippen LogP contribution in [0.2, 0.25) is 0 Å². The van der Waals surface area contributed by atoms with Gasteiger partial charge in [0.15, 0.2) is 0 Å². The molecule has 2 nitrogen and oxygen atoms in total. The number of hydrogen-bond donors (Lipinski definition) is 1. The summed E-state index contributed by atoms with van der Waals surface area (Å²) in [4.78, 5) is 11.0. The highest BCUT2D eigenvalue weighted by molar-refractivity contribution is 6.48. The van der Waals surface area contributed by atoms with Crippen LogP contribution in [0.15, 0.2) is 30.3 Å². The van der Waals surface area contributed by atoms with Crippen LogP contribution in [0.25, 0.3) is 5.03 Å². The fourth-order valence-electron chi connectivity index (χ4n) is 2.32. The van der Waals surface area contributed by atoms with Crippen LogP contribution in [-0.2, 0) is 4.79 Å². The molecule has 1 N–H and O–H groups in total. The summed E-state index contributed by atoms with van der Waals surface area (Å²) in [6.45, 7) is 3.81. The molecule has 2 atom stereocenters. The Labute approximate surface area is 110 Å². The summed E-state index contributed by atoms with van der Waals surface area (Å²) < 4.78 is 12.8. The van der Waals surface area contributed by atoms with Crippen LogP contribution in [0.1, 0.15) is 19.4 Å². The molecule has 96 valence electrons. The molecule has 1 saturated carbocycles. The van der Waals surface area contributed by atoms with Gasteiger partial charge in [0, 0.05) is 5.03 Å². The van der Waals surface area contributed by atoms with Gasteiger partial charge in [-0.2, -0.15) is 0 Å². The molecule has 1 aromatic carbocycles. The molecule has 1 aliphatic carbocycles. The predicted octanol–water partition coefficient (Wildman–Crippen LogP) is 3.76. The topological polar surface area (TPSA) is 37.3 Å². The highest BCUT2D eigenvalue weighted by atomic mass is 35.5. The second-order valence-corrected chi connectivity index (χ2v) is 5.59. The van der Waals surface area contributed by atoms with Crippen LogP contribution < -0.4 is 0 Å². The lowest BCUT2D eigenvalue weighted by Gasteiger charge is -2.00. The number of hydrogen-bond acceptors (Lipinski definition) is 1. The van der Waals surface area contributed by atoms with Crippen molar-refractivity contribution in [2.45, 2.75) is 13.8 Å². The maximum absolute atomic E-state index is 12.8. The third-order valence-corrected chi connectivity index (χ3v) is 3.97. The van der Waals surface area contributed by atoms with E-state index in [9.17, 15) is 9.18 Å². The van der Waals surface area contributed by atoms with Gasteiger partial charge in [0.05, 0.1) is 5.92 Å². The van der Waals surface area contributed by atoms with Gasteiger partial charge >= 0.3 is 5.97 Å². The van der Waals surface area contributed by atoms with E-state index in [-0.39, 0.29) is 17.2 Å². The van der Waals surface area contributed by atoms with Crippen molar-refractivity contribution in [3.8, 4) is 0 Å². The van der Waals surface area contributed by atoms with Crippen LogP contribution in [0.4, 0.5) is 4.39 Å². The van der Waals surface area contributed by atoms with Gasteiger partial charge in [0.2, 0.25) is 0 Å². The number of rotatable bonds is 3. The highest BCUT2D eigenvalue weighted by Crippen LogP contribution is 2.59. The molecule has 0 radical (unpaired) electrons. The van der Waals surface area contributed by atoms with Gasteiger partial charge in [0.1, 0.15) is 5.82 Å². The molecule has 0 aliphatic heterocycles. The standard InChI is InChI=1S/C14H14ClFO2/c1-14(2)10(12(14)13(17)18)7-11(15)8-3-5-9(16)6-4-8/h3-7,10,12H,1-2H3,(H,17,18)/b11-7-. The van der Waals surface area contributed by atoms with Crippen LogP contribution >= 0.6 is 11.6 Å². The van der Waals surface area contributed by atoms with Gasteiger partial charge < -0.3 is 5.11 Å². The molecule has 0 amide bonds. The van der Waals surface area contributed by atoms with E-state index in [4.69, 9.17) is 16.7 Å². The zero-order valence-corrected chi connectivity index (χ0v) is 10.9. The van der Waals surface area contributed by atoms with Crippen LogP contribution in [0.3, 0.4) is 0 Å². The van der Waals surface area contributed by atoms with E-state index < -0.39 is 11.9 Å². The number of allylic oxidation sites excluding steroid dienone is 1. The van der Waals surface area contributed by atoms with Crippen molar-refractivity contribution >= 4 is 22.6 Å². The third-order valence-electron chi connectivity index (χ3n) is 3.62. The SMILES string of the molecule is CC1(C)C(/C=C(\Cl)c2ccc(F)cc2)C1C(=O)O. The van der Waals surface area contributed by atoms with Gasteiger partial charge in [-0.25, -0.2) is 4.39 Å². The number of halogens is 2. The van der Waals surface area contributed by atoms with Gasteiger partial charge in [-0.1, -0.05) is 43.7 Å². The van der Waals surface area contributed by atoms with Crippen LogP contribution in [-0.4, -0.2) is 11.1 Å². The maximum Gasteiger partial charge on any atom is 0.307 e. The molecule has 1 aromatic rings. The Morgan fingerprint density at radius 3 is 2.39 bits per heavy atom. The minimum atomic E-state index is -0.801. The van der Waals surface area contributed by atoms with E-state index in [1.165, 1.54) is 12.1 Å². The number of aliphatic carboxylic acids is 1. The molecule has 18 heavy (non-hydrogen) atoms. The molecule has 2 rings (SSSR count). The van der Waals surface area contributed by atoms with E-state index in [1.54, 1.807) is 18.2 Å². The molecule has 2 unspecified atom stereocenters. The van der Waals surface area contributed by atoms with E-state index in [0.717, 1.165) is 0 Å². The lowest BCUT2D eigenvalue weighted by Crippen LogP contribution is -2.03. The van der Waals surface area contributed by atoms with Gasteiger partial charge in [-0.15, -0.1) is 0 Å². The molecular formula is C14H14ClFO2. The van der Waals surface area contributed by atoms with E-state index in [0.29, 0.717) is 10.6 Å². The number of benzene rings is 1. The van der Waals surface area contributed by atoms with Crippen molar-refractivity contribution in [2.24, 2.45) is 17.3 Å². The zero-order chi connectivity index (χ0) is 13.5. The Morgan fingerprint density at radius 1 is 1.39 bits per heavy atom. The fourth-order valence-corrected chi connectivity index (χ4v) is 2.59. The monoisotopic (exact) mass is 268 g/mol. The summed E-state index contributed by atoms with van der Waals surface area (Å²) in [5.74, 6) is -1.59. The summed E-state index contributed by atoms with van der Waals surface area (Å²) in [6, 6.07) is 5.83. The summed E-state index contributed by atoms with van der Waals surface area (Å²) >= 11 is 6.14. The van der Waals surface area contributed by atoms with E-state index in [1.807, 2.05) is 13.8 Å². The number of carboxylic acids is 1. The molecule has 1 fully saturated rings. The van der Waals surface area contributed by atoms with Crippen LogP contribution in [0, 0.1) is 23.1 Å². The molecule has 4 heteroatoms. The van der Waals surface area contributed by atoms with Gasteiger partial charge in [-0.3, -0.25) is 4.79 Å². The smallest absolute Gasteiger partial charge is 0.307 e. The van der Waals surface area contributed by atoms with Crippen molar-refractivity contribution in [2.75, 3.05) is 0 Å². The van der Waals surface area contributed by atoms with Crippen LogP contribution in [0.5, 0.6) is 0 Å². The number of carboxylic acid groups (broad SMARTS) is 1. The normalized spacial score (nSPS) is 25.9. The first-order chi connectivity index (χ1) is 8.34. The molecule has 0 aromatic heterocycles. The van der Waals surface area contributed by atoms with Crippen molar-refractivity contribution < 1.29 is 14.3 Å². The molecule has 1 aliphatic rings. The average molecular weight is 269 g/mol. The van der Waals surface area contributed by atoms with Crippen molar-refractivity contribution in [1.29, 1.82) is 0 Å². The summed E-state index contributed by atoms with van der Waals surface area (Å²) in [6.07, 6.45) is 1.76. The summed E-state index contributed by atoms with van der Waals surface area (Å²) in [5.41, 5.74) is 0.427. The first-order valence-corrected chi connectivity index (χ1v) is 6.08. The highest BCUT2D eigenvalue weighted by Gasteiger charge is 2.61. The maximum atomic E-state index is 12.8. The molecule has 0 heterocycles. The van der Waals surface area contributed by atoms with Crippen molar-refractivity contribution in [3.63, 3.8) is 0 Å². The fraction of sp³-hybridized carbons (Fsp3) is 0.357. The first-order valence-electron chi connectivity index (χ1n) is 5.70.